The number of para-hydroxylation sites is 1. The van der Waals surface area contributed by atoms with Crippen LogP contribution in [0.4, 0.5) is 14.9 Å². The van der Waals surface area contributed by atoms with E-state index in [2.05, 4.69) is 5.32 Å². The summed E-state index contributed by atoms with van der Waals surface area (Å²) in [5.41, 5.74) is -1.02. The van der Waals surface area contributed by atoms with Gasteiger partial charge in [0.1, 0.15) is 11.4 Å². The molecule has 8 heteroatoms. The number of benzene rings is 2. The molecule has 4 N–H and O–H groups in total. The Bertz CT molecular complexity index is 802. The number of nitrogens with zero attached hydrogens (tertiary/aromatic N) is 1. The number of urea groups is 1. The summed E-state index contributed by atoms with van der Waals surface area (Å²) in [5, 5.41) is 34.5. The highest BCUT2D eigenvalue weighted by Crippen LogP contribution is 2.32. The fourth-order valence-corrected chi connectivity index (χ4v) is 3.46. The molecule has 0 saturated carbocycles. The molecule has 3 rings (SSSR count). The number of hydrogen-bond acceptors (Lipinski definition) is 4. The molecule has 1 aliphatic heterocycles. The lowest BCUT2D eigenvalue weighted by atomic mass is 9.89. The van der Waals surface area contributed by atoms with E-state index in [4.69, 9.17) is 11.6 Å². The van der Waals surface area contributed by atoms with E-state index in [-0.39, 0.29) is 24.4 Å². The number of carbonyl (C=O) groups is 1. The monoisotopic (exact) mass is 394 g/mol. The van der Waals surface area contributed by atoms with Crippen LogP contribution in [0.2, 0.25) is 5.02 Å². The molecular weight excluding hydrogens is 375 g/mol. The Morgan fingerprint density at radius 2 is 2.04 bits per heavy atom. The molecular formula is C19H20ClFN2O4. The molecule has 1 heterocycles. The van der Waals surface area contributed by atoms with Crippen molar-refractivity contribution >= 4 is 23.3 Å². The summed E-state index contributed by atoms with van der Waals surface area (Å²) in [4.78, 5) is 13.4. The first kappa shape index (κ1) is 19.6. The molecule has 3 atom stereocenters. The smallest absolute Gasteiger partial charge is 0.323 e. The molecule has 2 amide bonds. The zero-order valence-corrected chi connectivity index (χ0v) is 15.1. The Hall–Kier alpha value is -2.19. The fraction of sp³-hybridized carbons (Fsp3) is 0.316. The van der Waals surface area contributed by atoms with E-state index in [0.29, 0.717) is 11.3 Å². The third-order valence-electron chi connectivity index (χ3n) is 4.71. The molecule has 2 aromatic rings. The molecule has 1 saturated heterocycles. The van der Waals surface area contributed by atoms with Crippen LogP contribution in [-0.2, 0) is 6.42 Å². The van der Waals surface area contributed by atoms with E-state index in [9.17, 15) is 24.5 Å². The van der Waals surface area contributed by atoms with Gasteiger partial charge in [-0.15, -0.1) is 0 Å². The maximum absolute atomic E-state index is 13.5. The number of amides is 2. The number of carbonyl (C=O) groups excluding carboxylic acids is 1. The van der Waals surface area contributed by atoms with Crippen LogP contribution in [0.15, 0.2) is 48.5 Å². The number of aliphatic hydroxyl groups is 3. The predicted molar refractivity (Wildman–Crippen MR) is 98.9 cm³/mol. The standard InChI is InChI=1S/C19H20ClFN2O4/c20-13-8-12(9-14(21)11-13)10-16(24)19(27)6-7-23(17(19)25)18(26)22-15-4-2-1-3-5-15/h1-5,8-9,11,16-17,24-25,27H,6-7,10H2,(H,22,26). The Morgan fingerprint density at radius 3 is 2.70 bits per heavy atom. The number of likely N-dealkylation sites (tertiary alicyclic amines) is 1. The SMILES string of the molecule is O=C(Nc1ccccc1)N1CCC(O)(C(O)Cc2cc(F)cc(Cl)c2)C1O. The summed E-state index contributed by atoms with van der Waals surface area (Å²) in [7, 11) is 0. The van der Waals surface area contributed by atoms with Gasteiger partial charge in [0.25, 0.3) is 0 Å². The number of anilines is 1. The number of halogens is 2. The van der Waals surface area contributed by atoms with Crippen molar-refractivity contribution in [1.29, 1.82) is 0 Å². The zero-order chi connectivity index (χ0) is 19.6. The van der Waals surface area contributed by atoms with Gasteiger partial charge >= 0.3 is 6.03 Å². The number of aliphatic hydroxyl groups excluding tert-OH is 2. The fourth-order valence-electron chi connectivity index (χ4n) is 3.22. The van der Waals surface area contributed by atoms with E-state index < -0.39 is 29.8 Å². The summed E-state index contributed by atoms with van der Waals surface area (Å²) < 4.78 is 13.5. The van der Waals surface area contributed by atoms with Crippen LogP contribution < -0.4 is 5.32 Å². The summed E-state index contributed by atoms with van der Waals surface area (Å²) in [6, 6.07) is 11.9. The molecule has 1 aliphatic rings. The molecule has 0 bridgehead atoms. The Morgan fingerprint density at radius 1 is 1.33 bits per heavy atom. The van der Waals surface area contributed by atoms with Gasteiger partial charge in [0.2, 0.25) is 0 Å². The van der Waals surface area contributed by atoms with E-state index in [1.54, 1.807) is 30.3 Å². The van der Waals surface area contributed by atoms with Gasteiger partial charge in [-0.3, -0.25) is 4.90 Å². The third-order valence-corrected chi connectivity index (χ3v) is 4.93. The van der Waals surface area contributed by atoms with Gasteiger partial charge in [0, 0.05) is 30.1 Å². The van der Waals surface area contributed by atoms with Crippen molar-refractivity contribution in [2.75, 3.05) is 11.9 Å². The van der Waals surface area contributed by atoms with Crippen LogP contribution in [0.1, 0.15) is 12.0 Å². The van der Waals surface area contributed by atoms with E-state index >= 15 is 0 Å². The topological polar surface area (TPSA) is 93.0 Å². The number of hydrogen-bond donors (Lipinski definition) is 4. The Balaban J connectivity index is 1.69. The number of rotatable bonds is 4. The van der Waals surface area contributed by atoms with E-state index in [1.807, 2.05) is 0 Å². The molecule has 6 nitrogen and oxygen atoms in total. The highest BCUT2D eigenvalue weighted by atomic mass is 35.5. The molecule has 1 fully saturated rings. The zero-order valence-electron chi connectivity index (χ0n) is 14.3. The molecule has 2 aromatic carbocycles. The van der Waals surface area contributed by atoms with Crippen LogP contribution in [-0.4, -0.2) is 50.7 Å². The summed E-state index contributed by atoms with van der Waals surface area (Å²) in [5.74, 6) is -0.562. The van der Waals surface area contributed by atoms with Crippen LogP contribution in [0.3, 0.4) is 0 Å². The summed E-state index contributed by atoms with van der Waals surface area (Å²) in [6.07, 6.45) is -3.18. The van der Waals surface area contributed by atoms with Crippen molar-refractivity contribution in [3.05, 3.63) is 64.9 Å². The minimum Gasteiger partial charge on any atom is -0.390 e. The second-order valence-corrected chi connectivity index (χ2v) is 7.04. The molecule has 0 radical (unpaired) electrons. The molecule has 0 spiro atoms. The number of nitrogens with one attached hydrogen (secondary N) is 1. The van der Waals surface area contributed by atoms with Crippen molar-refractivity contribution in [2.45, 2.75) is 30.8 Å². The second-order valence-electron chi connectivity index (χ2n) is 6.60. The van der Waals surface area contributed by atoms with Gasteiger partial charge < -0.3 is 20.6 Å². The lowest BCUT2D eigenvalue weighted by molar-refractivity contribution is -0.151. The summed E-state index contributed by atoms with van der Waals surface area (Å²) >= 11 is 5.80. The minimum atomic E-state index is -1.94. The first-order valence-corrected chi connectivity index (χ1v) is 8.83. The third kappa shape index (κ3) is 4.22. The van der Waals surface area contributed by atoms with Crippen LogP contribution >= 0.6 is 11.6 Å². The van der Waals surface area contributed by atoms with Gasteiger partial charge in [-0.25, -0.2) is 9.18 Å². The normalized spacial score (nSPS) is 23.3. The van der Waals surface area contributed by atoms with Gasteiger partial charge in [-0.1, -0.05) is 29.8 Å². The van der Waals surface area contributed by atoms with Gasteiger partial charge in [-0.05, 0) is 35.9 Å². The van der Waals surface area contributed by atoms with Crippen LogP contribution in [0, 0.1) is 5.82 Å². The van der Waals surface area contributed by atoms with E-state index in [0.717, 1.165) is 11.0 Å². The van der Waals surface area contributed by atoms with Gasteiger partial charge in [0.05, 0.1) is 6.10 Å². The highest BCUT2D eigenvalue weighted by molar-refractivity contribution is 6.30. The largest absolute Gasteiger partial charge is 0.390 e. The average molecular weight is 395 g/mol. The molecule has 3 unspecified atom stereocenters. The second kappa shape index (κ2) is 7.82. The Labute approximate surface area is 160 Å². The van der Waals surface area contributed by atoms with Gasteiger partial charge in [0.15, 0.2) is 6.23 Å². The minimum absolute atomic E-state index is 0.0272. The average Bonchev–Trinajstić information content (AvgIpc) is 2.91. The molecule has 27 heavy (non-hydrogen) atoms. The maximum Gasteiger partial charge on any atom is 0.323 e. The quantitative estimate of drug-likeness (QED) is 0.640. The van der Waals surface area contributed by atoms with Crippen molar-refractivity contribution in [1.82, 2.24) is 4.90 Å². The highest BCUT2D eigenvalue weighted by Gasteiger charge is 2.51. The van der Waals surface area contributed by atoms with Crippen molar-refractivity contribution in [2.24, 2.45) is 0 Å². The van der Waals surface area contributed by atoms with Crippen molar-refractivity contribution in [3.63, 3.8) is 0 Å². The van der Waals surface area contributed by atoms with Crippen LogP contribution in [0.5, 0.6) is 0 Å². The lowest BCUT2D eigenvalue weighted by Gasteiger charge is -2.33. The lowest BCUT2D eigenvalue weighted by Crippen LogP contribution is -2.55. The predicted octanol–water partition coefficient (Wildman–Crippen LogP) is 2.37. The molecule has 0 aliphatic carbocycles. The van der Waals surface area contributed by atoms with Crippen molar-refractivity contribution < 1.29 is 24.5 Å². The first-order chi connectivity index (χ1) is 12.8. The van der Waals surface area contributed by atoms with Crippen molar-refractivity contribution in [3.8, 4) is 0 Å². The molecule has 0 aromatic heterocycles. The van der Waals surface area contributed by atoms with Gasteiger partial charge in [-0.2, -0.15) is 0 Å². The Kier molecular flexibility index (Phi) is 5.67. The first-order valence-electron chi connectivity index (χ1n) is 8.46. The maximum atomic E-state index is 13.5. The molecule has 144 valence electrons. The van der Waals surface area contributed by atoms with E-state index in [1.165, 1.54) is 12.1 Å². The summed E-state index contributed by atoms with van der Waals surface area (Å²) in [6.45, 7) is 0.0529. The van der Waals surface area contributed by atoms with Crippen LogP contribution in [0.25, 0.3) is 0 Å².